The molecule has 0 aliphatic carbocycles. The van der Waals surface area contributed by atoms with Crippen LogP contribution in [0.5, 0.6) is 0 Å². The highest BCUT2D eigenvalue weighted by atomic mass is 35.5. The van der Waals surface area contributed by atoms with Gasteiger partial charge in [0.25, 0.3) is 5.91 Å². The number of halogens is 1. The second-order valence-electron chi connectivity index (χ2n) is 4.75. The summed E-state index contributed by atoms with van der Waals surface area (Å²) in [6, 6.07) is 4.13. The summed E-state index contributed by atoms with van der Waals surface area (Å²) >= 11 is 0. The van der Waals surface area contributed by atoms with Gasteiger partial charge in [0.15, 0.2) is 5.76 Å². The van der Waals surface area contributed by atoms with Crippen molar-refractivity contribution in [3.63, 3.8) is 0 Å². The number of carbonyl (C=O) groups is 1. The van der Waals surface area contributed by atoms with E-state index in [-0.39, 0.29) is 24.4 Å². The highest BCUT2D eigenvalue weighted by molar-refractivity contribution is 5.91. The predicted molar refractivity (Wildman–Crippen MR) is 74.6 cm³/mol. The Balaban J connectivity index is 0.00000180. The van der Waals surface area contributed by atoms with Crippen LogP contribution in [0, 0.1) is 0 Å². The van der Waals surface area contributed by atoms with E-state index in [1.165, 1.54) is 0 Å². The Bertz CT molecular complexity index is 408. The molecule has 1 aromatic heterocycles. The summed E-state index contributed by atoms with van der Waals surface area (Å²) in [7, 11) is 1.60. The monoisotopic (exact) mass is 288 g/mol. The molecule has 0 spiro atoms. The fraction of sp³-hybridized carbons (Fsp3) is 0.615. The van der Waals surface area contributed by atoms with Crippen LogP contribution < -0.4 is 10.6 Å². The summed E-state index contributed by atoms with van der Waals surface area (Å²) in [4.78, 5) is 12.0. The van der Waals surface area contributed by atoms with Crippen molar-refractivity contribution < 1.29 is 13.9 Å². The molecule has 2 unspecified atom stereocenters. The topological polar surface area (TPSA) is 63.5 Å². The van der Waals surface area contributed by atoms with Crippen molar-refractivity contribution >= 4 is 18.3 Å². The number of ether oxygens (including phenoxy) is 1. The smallest absolute Gasteiger partial charge is 0.287 e. The number of methoxy groups -OCH3 is 1. The van der Waals surface area contributed by atoms with E-state index in [0.717, 1.165) is 19.4 Å². The van der Waals surface area contributed by atoms with E-state index < -0.39 is 0 Å². The number of hydrogen-bond donors (Lipinski definition) is 2. The Labute approximate surface area is 119 Å². The zero-order valence-corrected chi connectivity index (χ0v) is 12.1. The van der Waals surface area contributed by atoms with Crippen LogP contribution in [-0.2, 0) is 11.3 Å². The van der Waals surface area contributed by atoms with Gasteiger partial charge in [0, 0.05) is 19.2 Å². The normalized spacial score (nSPS) is 22.6. The van der Waals surface area contributed by atoms with Crippen LogP contribution in [0.15, 0.2) is 16.5 Å². The van der Waals surface area contributed by atoms with Gasteiger partial charge < -0.3 is 19.8 Å². The summed E-state index contributed by atoms with van der Waals surface area (Å²) in [5, 5.41) is 6.36. The lowest BCUT2D eigenvalue weighted by Gasteiger charge is -2.28. The molecule has 0 radical (unpaired) electrons. The fourth-order valence-corrected chi connectivity index (χ4v) is 2.24. The van der Waals surface area contributed by atoms with Gasteiger partial charge in [0.2, 0.25) is 0 Å². The lowest BCUT2D eigenvalue weighted by Crippen LogP contribution is -2.46. The standard InChI is InChI=1S/C13H20N2O3.ClH/c1-9-7-10(5-6-14-9)15-13(16)12-4-3-11(18-12)8-17-2;/h3-4,9-10,14H,5-8H2,1-2H3,(H,15,16);1H. The molecule has 6 heteroatoms. The Morgan fingerprint density at radius 2 is 2.37 bits per heavy atom. The first-order valence-electron chi connectivity index (χ1n) is 6.31. The predicted octanol–water partition coefficient (Wildman–Crippen LogP) is 1.72. The lowest BCUT2D eigenvalue weighted by molar-refractivity contribution is 0.0889. The molecule has 1 amide bonds. The minimum Gasteiger partial charge on any atom is -0.453 e. The molecule has 19 heavy (non-hydrogen) atoms. The average Bonchev–Trinajstić information content (AvgIpc) is 2.78. The second-order valence-corrected chi connectivity index (χ2v) is 4.75. The molecule has 1 aliphatic rings. The molecular weight excluding hydrogens is 268 g/mol. The van der Waals surface area contributed by atoms with E-state index in [9.17, 15) is 4.79 Å². The van der Waals surface area contributed by atoms with Gasteiger partial charge in [-0.2, -0.15) is 0 Å². The summed E-state index contributed by atoms with van der Waals surface area (Å²) in [6.45, 7) is 3.46. The summed E-state index contributed by atoms with van der Waals surface area (Å²) in [5.41, 5.74) is 0. The number of furan rings is 1. The van der Waals surface area contributed by atoms with Crippen molar-refractivity contribution in [2.24, 2.45) is 0 Å². The lowest BCUT2D eigenvalue weighted by atomic mass is 10.0. The fourth-order valence-electron chi connectivity index (χ4n) is 2.24. The minimum atomic E-state index is -0.142. The van der Waals surface area contributed by atoms with Gasteiger partial charge in [-0.3, -0.25) is 4.79 Å². The molecule has 2 atom stereocenters. The number of nitrogens with one attached hydrogen (secondary N) is 2. The van der Waals surface area contributed by atoms with Gasteiger partial charge in [-0.1, -0.05) is 0 Å². The van der Waals surface area contributed by atoms with E-state index in [4.69, 9.17) is 9.15 Å². The number of amides is 1. The van der Waals surface area contributed by atoms with Crippen LogP contribution in [0.25, 0.3) is 0 Å². The van der Waals surface area contributed by atoms with Crippen LogP contribution in [-0.4, -0.2) is 31.6 Å². The van der Waals surface area contributed by atoms with Crippen molar-refractivity contribution in [3.05, 3.63) is 23.7 Å². The van der Waals surface area contributed by atoms with Crippen molar-refractivity contribution in [1.29, 1.82) is 0 Å². The summed E-state index contributed by atoms with van der Waals surface area (Å²) < 4.78 is 10.4. The van der Waals surface area contributed by atoms with Gasteiger partial charge in [-0.05, 0) is 38.4 Å². The second kappa shape index (κ2) is 7.53. The Kier molecular flexibility index (Phi) is 6.34. The van der Waals surface area contributed by atoms with E-state index in [1.807, 2.05) is 0 Å². The van der Waals surface area contributed by atoms with Crippen LogP contribution in [0.3, 0.4) is 0 Å². The molecule has 1 aromatic rings. The Morgan fingerprint density at radius 1 is 1.58 bits per heavy atom. The highest BCUT2D eigenvalue weighted by Gasteiger charge is 2.21. The maximum absolute atomic E-state index is 12.0. The maximum Gasteiger partial charge on any atom is 0.287 e. The first-order chi connectivity index (χ1) is 8.69. The first-order valence-corrected chi connectivity index (χ1v) is 6.31. The van der Waals surface area contributed by atoms with Gasteiger partial charge >= 0.3 is 0 Å². The van der Waals surface area contributed by atoms with E-state index in [1.54, 1.807) is 19.2 Å². The Morgan fingerprint density at radius 3 is 3.05 bits per heavy atom. The van der Waals surface area contributed by atoms with Crippen LogP contribution in [0.1, 0.15) is 36.1 Å². The molecule has 2 N–H and O–H groups in total. The highest BCUT2D eigenvalue weighted by Crippen LogP contribution is 2.12. The first kappa shape index (κ1) is 16.0. The third-order valence-corrected chi connectivity index (χ3v) is 3.13. The third-order valence-electron chi connectivity index (χ3n) is 3.13. The van der Waals surface area contributed by atoms with Gasteiger partial charge in [-0.15, -0.1) is 12.4 Å². The zero-order valence-electron chi connectivity index (χ0n) is 11.3. The molecule has 0 aromatic carbocycles. The van der Waals surface area contributed by atoms with Gasteiger partial charge in [0.05, 0.1) is 0 Å². The van der Waals surface area contributed by atoms with Gasteiger partial charge in [-0.25, -0.2) is 0 Å². The van der Waals surface area contributed by atoms with Crippen molar-refractivity contribution in [2.45, 2.75) is 38.5 Å². The molecule has 2 heterocycles. The molecule has 1 aliphatic heterocycles. The summed E-state index contributed by atoms with van der Waals surface area (Å²) in [6.07, 6.45) is 1.92. The molecule has 1 saturated heterocycles. The SMILES string of the molecule is COCc1ccc(C(=O)NC2CCNC(C)C2)o1.Cl. The summed E-state index contributed by atoms with van der Waals surface area (Å²) in [5.74, 6) is 0.881. The van der Waals surface area contributed by atoms with Crippen molar-refractivity contribution in [3.8, 4) is 0 Å². The number of piperidine rings is 1. The molecule has 108 valence electrons. The molecule has 1 fully saturated rings. The molecule has 5 nitrogen and oxygen atoms in total. The van der Waals surface area contributed by atoms with Crippen LogP contribution in [0.4, 0.5) is 0 Å². The van der Waals surface area contributed by atoms with Crippen LogP contribution >= 0.6 is 12.4 Å². The van der Waals surface area contributed by atoms with E-state index in [0.29, 0.717) is 24.2 Å². The van der Waals surface area contributed by atoms with E-state index in [2.05, 4.69) is 17.6 Å². The van der Waals surface area contributed by atoms with Crippen LogP contribution in [0.2, 0.25) is 0 Å². The van der Waals surface area contributed by atoms with E-state index >= 15 is 0 Å². The number of carbonyl (C=O) groups excluding carboxylic acids is 1. The average molecular weight is 289 g/mol. The molecule has 0 bridgehead atoms. The number of rotatable bonds is 4. The quantitative estimate of drug-likeness (QED) is 0.885. The molecular formula is C13H21ClN2O3. The molecule has 0 saturated carbocycles. The molecule has 2 rings (SSSR count). The van der Waals surface area contributed by atoms with Crippen molar-refractivity contribution in [1.82, 2.24) is 10.6 Å². The number of hydrogen-bond acceptors (Lipinski definition) is 4. The minimum absolute atomic E-state index is 0. The largest absolute Gasteiger partial charge is 0.453 e. The maximum atomic E-state index is 12.0. The van der Waals surface area contributed by atoms with Crippen molar-refractivity contribution in [2.75, 3.05) is 13.7 Å². The van der Waals surface area contributed by atoms with Gasteiger partial charge in [0.1, 0.15) is 12.4 Å². The zero-order chi connectivity index (χ0) is 13.0. The Hall–Kier alpha value is -1.04. The third kappa shape index (κ3) is 4.53.